The first kappa shape index (κ1) is 14.8. The minimum atomic E-state index is -0.117. The Morgan fingerprint density at radius 3 is 2.45 bits per heavy atom. The lowest BCUT2D eigenvalue weighted by Crippen LogP contribution is -2.39. The molecule has 1 atom stereocenters. The van der Waals surface area contributed by atoms with Crippen molar-refractivity contribution in [3.63, 3.8) is 0 Å². The van der Waals surface area contributed by atoms with Gasteiger partial charge in [-0.25, -0.2) is 0 Å². The lowest BCUT2D eigenvalue weighted by atomic mass is 10.0. The van der Waals surface area contributed by atoms with Crippen LogP contribution in [0.2, 0.25) is 0 Å². The second kappa shape index (κ2) is 6.78. The Labute approximate surface area is 132 Å². The van der Waals surface area contributed by atoms with Crippen LogP contribution in [0.25, 0.3) is 0 Å². The Morgan fingerprint density at radius 2 is 1.77 bits per heavy atom. The third-order valence-electron chi connectivity index (χ3n) is 4.51. The summed E-state index contributed by atoms with van der Waals surface area (Å²) < 4.78 is 0. The third kappa shape index (κ3) is 3.38. The minimum Gasteiger partial charge on any atom is -0.339 e. The molecule has 0 bridgehead atoms. The van der Waals surface area contributed by atoms with Gasteiger partial charge in [-0.15, -0.1) is 0 Å². The maximum Gasteiger partial charge on any atom is 0.233 e. The number of likely N-dealkylation sites (tertiary alicyclic amines) is 1. The molecule has 0 N–H and O–H groups in total. The van der Waals surface area contributed by atoms with Crippen molar-refractivity contribution < 1.29 is 4.79 Å². The van der Waals surface area contributed by atoms with E-state index >= 15 is 0 Å². The van der Waals surface area contributed by atoms with Crippen LogP contribution in [0.1, 0.15) is 24.0 Å². The van der Waals surface area contributed by atoms with Gasteiger partial charge >= 0.3 is 0 Å². The van der Waals surface area contributed by atoms with E-state index in [9.17, 15) is 4.79 Å². The summed E-state index contributed by atoms with van der Waals surface area (Å²) >= 11 is 0. The topological polar surface area (TPSA) is 20.3 Å². The molecule has 1 amide bonds. The van der Waals surface area contributed by atoms with Crippen LogP contribution in [0.3, 0.4) is 0 Å². The zero-order chi connectivity index (χ0) is 15.4. The van der Waals surface area contributed by atoms with Crippen LogP contribution in [-0.4, -0.2) is 23.4 Å². The summed E-state index contributed by atoms with van der Waals surface area (Å²) in [6.45, 7) is 2.99. The van der Waals surface area contributed by atoms with Gasteiger partial charge in [0.2, 0.25) is 5.91 Å². The number of nitrogens with zero attached hydrogens (tertiary/aromatic N) is 1. The van der Waals surface area contributed by atoms with E-state index in [4.69, 9.17) is 0 Å². The van der Waals surface area contributed by atoms with Gasteiger partial charge in [-0.2, -0.15) is 0 Å². The first-order valence-corrected chi connectivity index (χ1v) is 8.12. The molecule has 0 aromatic heterocycles. The molecule has 22 heavy (non-hydrogen) atoms. The van der Waals surface area contributed by atoms with Gasteiger partial charge in [-0.3, -0.25) is 4.79 Å². The van der Waals surface area contributed by atoms with E-state index in [1.807, 2.05) is 36.5 Å². The Balaban J connectivity index is 1.69. The van der Waals surface area contributed by atoms with Gasteiger partial charge in [0.25, 0.3) is 0 Å². The van der Waals surface area contributed by atoms with Gasteiger partial charge in [0.05, 0.1) is 5.92 Å². The average molecular weight is 293 g/mol. The van der Waals surface area contributed by atoms with Crippen molar-refractivity contribution in [2.75, 3.05) is 6.54 Å². The fourth-order valence-electron chi connectivity index (χ4n) is 3.25. The normalized spacial score (nSPS) is 21.3. The molecular weight excluding hydrogens is 270 g/mol. The van der Waals surface area contributed by atoms with Crippen LogP contribution < -0.4 is 0 Å². The van der Waals surface area contributed by atoms with Crippen molar-refractivity contribution in [1.29, 1.82) is 0 Å². The lowest BCUT2D eigenvalue weighted by Gasteiger charge is -2.27. The molecule has 2 nitrogen and oxygen atoms in total. The average Bonchev–Trinajstić information content (AvgIpc) is 2.81. The molecule has 1 heterocycles. The molecule has 3 rings (SSSR count). The molecule has 0 spiro atoms. The van der Waals surface area contributed by atoms with Crippen LogP contribution in [0.4, 0.5) is 0 Å². The van der Waals surface area contributed by atoms with Crippen molar-refractivity contribution in [2.45, 2.75) is 32.2 Å². The van der Waals surface area contributed by atoms with Crippen molar-refractivity contribution in [3.8, 4) is 0 Å². The molecule has 1 aliphatic heterocycles. The Hall–Kier alpha value is -2.09. The standard InChI is InChI=1S/C20H23NO/c1-16-10-12-17(13-11-16)15-19-9-6-14-21(19)20(22)18-7-4-2-3-5-8-18/h2-5,7-8,10-13,18-19H,6,9,14-15H2,1H3/t19-/m0/s1. The Morgan fingerprint density at radius 1 is 1.09 bits per heavy atom. The van der Waals surface area contributed by atoms with E-state index in [0.717, 1.165) is 25.8 Å². The fourth-order valence-corrected chi connectivity index (χ4v) is 3.25. The fraction of sp³-hybridized carbons (Fsp3) is 0.350. The number of aryl methyl sites for hydroxylation is 1. The number of amides is 1. The molecular formula is C20H23NO. The van der Waals surface area contributed by atoms with Crippen LogP contribution in [0.15, 0.2) is 60.7 Å². The summed E-state index contributed by atoms with van der Waals surface area (Å²) in [5, 5.41) is 0. The molecule has 114 valence electrons. The van der Waals surface area contributed by atoms with Gasteiger partial charge in [-0.05, 0) is 31.7 Å². The van der Waals surface area contributed by atoms with E-state index in [0.29, 0.717) is 6.04 Å². The van der Waals surface area contributed by atoms with E-state index in [1.165, 1.54) is 11.1 Å². The van der Waals surface area contributed by atoms with Crippen LogP contribution in [0, 0.1) is 12.8 Å². The maximum absolute atomic E-state index is 12.8. The highest BCUT2D eigenvalue weighted by atomic mass is 16.2. The molecule has 1 fully saturated rings. The quantitative estimate of drug-likeness (QED) is 0.829. The Kier molecular flexibility index (Phi) is 4.57. The molecule has 2 aliphatic rings. The summed E-state index contributed by atoms with van der Waals surface area (Å²) in [5.41, 5.74) is 2.60. The first-order chi connectivity index (χ1) is 10.7. The third-order valence-corrected chi connectivity index (χ3v) is 4.51. The summed E-state index contributed by atoms with van der Waals surface area (Å²) in [4.78, 5) is 14.9. The lowest BCUT2D eigenvalue weighted by molar-refractivity contribution is -0.133. The highest BCUT2D eigenvalue weighted by Crippen LogP contribution is 2.24. The number of carbonyl (C=O) groups excluding carboxylic acids is 1. The van der Waals surface area contributed by atoms with Crippen LogP contribution >= 0.6 is 0 Å². The summed E-state index contributed by atoms with van der Waals surface area (Å²) in [5.74, 6) is 0.124. The summed E-state index contributed by atoms with van der Waals surface area (Å²) in [6.07, 6.45) is 15.0. The molecule has 0 unspecified atom stereocenters. The largest absolute Gasteiger partial charge is 0.339 e. The number of allylic oxidation sites excluding steroid dienone is 4. The van der Waals surface area contributed by atoms with Gasteiger partial charge in [0, 0.05) is 12.6 Å². The molecule has 2 heteroatoms. The summed E-state index contributed by atoms with van der Waals surface area (Å²) in [7, 11) is 0. The number of hydrogen-bond acceptors (Lipinski definition) is 1. The SMILES string of the molecule is Cc1ccc(C[C@@H]2CCCN2C(=O)C2C=CC=CC=C2)cc1. The van der Waals surface area contributed by atoms with Gasteiger partial charge in [0.15, 0.2) is 0 Å². The molecule has 1 aromatic carbocycles. The molecule has 1 aromatic rings. The number of carbonyl (C=O) groups is 1. The van der Waals surface area contributed by atoms with Crippen molar-refractivity contribution >= 4 is 5.91 Å². The zero-order valence-corrected chi connectivity index (χ0v) is 13.1. The first-order valence-electron chi connectivity index (χ1n) is 8.12. The van der Waals surface area contributed by atoms with E-state index in [-0.39, 0.29) is 11.8 Å². The van der Waals surface area contributed by atoms with Crippen molar-refractivity contribution in [2.24, 2.45) is 5.92 Å². The molecule has 0 saturated carbocycles. The van der Waals surface area contributed by atoms with Gasteiger partial charge in [-0.1, -0.05) is 66.3 Å². The monoisotopic (exact) mass is 293 g/mol. The highest BCUT2D eigenvalue weighted by molar-refractivity contribution is 5.83. The predicted octanol–water partition coefficient (Wildman–Crippen LogP) is 3.83. The van der Waals surface area contributed by atoms with Crippen molar-refractivity contribution in [1.82, 2.24) is 4.90 Å². The second-order valence-corrected chi connectivity index (χ2v) is 6.20. The van der Waals surface area contributed by atoms with E-state index in [1.54, 1.807) is 0 Å². The van der Waals surface area contributed by atoms with Crippen LogP contribution in [-0.2, 0) is 11.2 Å². The zero-order valence-electron chi connectivity index (χ0n) is 13.1. The molecule has 0 radical (unpaired) electrons. The second-order valence-electron chi connectivity index (χ2n) is 6.20. The Bertz CT molecular complexity index is 593. The van der Waals surface area contributed by atoms with Crippen LogP contribution in [0.5, 0.6) is 0 Å². The molecule has 1 saturated heterocycles. The van der Waals surface area contributed by atoms with Crippen molar-refractivity contribution in [3.05, 3.63) is 71.8 Å². The minimum absolute atomic E-state index is 0.117. The number of benzene rings is 1. The summed E-state index contributed by atoms with van der Waals surface area (Å²) in [6, 6.07) is 9.02. The number of rotatable bonds is 3. The maximum atomic E-state index is 12.8. The number of hydrogen-bond donors (Lipinski definition) is 0. The smallest absolute Gasteiger partial charge is 0.233 e. The van der Waals surface area contributed by atoms with Gasteiger partial charge in [0.1, 0.15) is 0 Å². The van der Waals surface area contributed by atoms with Gasteiger partial charge < -0.3 is 4.90 Å². The predicted molar refractivity (Wildman–Crippen MR) is 90.5 cm³/mol. The van der Waals surface area contributed by atoms with E-state index < -0.39 is 0 Å². The highest BCUT2D eigenvalue weighted by Gasteiger charge is 2.31. The molecule has 1 aliphatic carbocycles. The van der Waals surface area contributed by atoms with E-state index in [2.05, 4.69) is 36.1 Å².